The summed E-state index contributed by atoms with van der Waals surface area (Å²) in [6.45, 7) is 8.88. The van der Waals surface area contributed by atoms with Gasteiger partial charge < -0.3 is 19.9 Å². The minimum absolute atomic E-state index is 0.0131. The van der Waals surface area contributed by atoms with E-state index in [9.17, 15) is 9.59 Å². The number of nitrogens with one attached hydrogen (secondary N) is 1. The highest BCUT2D eigenvalue weighted by Crippen LogP contribution is 2.31. The average molecular weight is 634 g/mol. The zero-order valence-corrected chi connectivity index (χ0v) is 28.2. The summed E-state index contributed by atoms with van der Waals surface area (Å²) < 4.78 is 5.58. The maximum Gasteiger partial charge on any atom is 0.223 e. The van der Waals surface area contributed by atoms with Crippen molar-refractivity contribution in [1.82, 2.24) is 15.1 Å². The second-order valence-electron chi connectivity index (χ2n) is 12.8. The van der Waals surface area contributed by atoms with E-state index in [2.05, 4.69) is 77.8 Å². The lowest BCUT2D eigenvalue weighted by Crippen LogP contribution is -2.49. The smallest absolute Gasteiger partial charge is 0.223 e. The summed E-state index contributed by atoms with van der Waals surface area (Å²) in [5, 5.41) is 3.57. The van der Waals surface area contributed by atoms with Gasteiger partial charge in [0.1, 0.15) is 5.70 Å². The molecule has 1 amide bonds. The first-order valence-electron chi connectivity index (χ1n) is 17.5. The van der Waals surface area contributed by atoms with Gasteiger partial charge in [0, 0.05) is 64.2 Å². The summed E-state index contributed by atoms with van der Waals surface area (Å²) in [4.78, 5) is 32.5. The van der Waals surface area contributed by atoms with Crippen molar-refractivity contribution in [3.63, 3.8) is 0 Å². The highest BCUT2D eigenvalue weighted by atomic mass is 16.5. The molecule has 2 atom stereocenters. The molecule has 0 aromatic heterocycles. The molecule has 1 aliphatic heterocycles. The van der Waals surface area contributed by atoms with Crippen LogP contribution in [0.2, 0.25) is 0 Å². The van der Waals surface area contributed by atoms with Crippen LogP contribution in [0, 0.1) is 11.8 Å². The number of carbonyl (C=O) groups excluding carboxylic acids is 2. The Morgan fingerprint density at radius 3 is 2.13 bits per heavy atom. The second kappa shape index (κ2) is 17.7. The van der Waals surface area contributed by atoms with Crippen LogP contribution >= 0.6 is 0 Å². The van der Waals surface area contributed by atoms with Crippen molar-refractivity contribution in [2.45, 2.75) is 51.9 Å². The Balaban J connectivity index is 1.30. The molecule has 1 N–H and O–H groups in total. The number of ether oxygens (including phenoxy) is 1. The lowest BCUT2D eigenvalue weighted by atomic mass is 9.80. The third-order valence-corrected chi connectivity index (χ3v) is 9.62. The van der Waals surface area contributed by atoms with E-state index in [1.807, 2.05) is 54.3 Å². The first kappa shape index (κ1) is 34.2. The van der Waals surface area contributed by atoms with E-state index >= 15 is 0 Å². The standard InChI is InChI=1S/C41H51N3O3/c1-3-47-30-14-25-42-40-38(22-13-15-32(2)36(41(40)46)24-23-33-16-7-4-8-17-33)43-26-28-44(29-27-43)39(45)31-37(34-18-9-5-10-19-34)35-20-11-6-12-21-35/h4-13,16-22,32,36-37,42H,3,14-15,23-31H2,1-2H3/b22-13+,40-38-. The van der Waals surface area contributed by atoms with Crippen LogP contribution in [0.3, 0.4) is 0 Å². The Labute approximate surface area is 281 Å². The van der Waals surface area contributed by atoms with Crippen molar-refractivity contribution in [1.29, 1.82) is 0 Å². The molecule has 47 heavy (non-hydrogen) atoms. The molecular weight excluding hydrogens is 582 g/mol. The van der Waals surface area contributed by atoms with E-state index in [0.29, 0.717) is 52.4 Å². The summed E-state index contributed by atoms with van der Waals surface area (Å²) in [7, 11) is 0. The van der Waals surface area contributed by atoms with Gasteiger partial charge in [0.05, 0.1) is 5.70 Å². The molecule has 3 aromatic carbocycles. The van der Waals surface area contributed by atoms with Gasteiger partial charge in [-0.2, -0.15) is 0 Å². The van der Waals surface area contributed by atoms with Gasteiger partial charge in [0.15, 0.2) is 5.78 Å². The van der Waals surface area contributed by atoms with Gasteiger partial charge in [-0.3, -0.25) is 9.59 Å². The van der Waals surface area contributed by atoms with Gasteiger partial charge in [-0.05, 0) is 61.3 Å². The molecule has 2 unspecified atom stereocenters. The molecule has 1 heterocycles. The maximum absolute atomic E-state index is 14.4. The Hall–Kier alpha value is -4.16. The van der Waals surface area contributed by atoms with Gasteiger partial charge in [-0.15, -0.1) is 0 Å². The van der Waals surface area contributed by atoms with E-state index in [-0.39, 0.29) is 29.4 Å². The van der Waals surface area contributed by atoms with Gasteiger partial charge >= 0.3 is 0 Å². The highest BCUT2D eigenvalue weighted by molar-refractivity contribution is 5.98. The first-order valence-corrected chi connectivity index (χ1v) is 17.5. The van der Waals surface area contributed by atoms with Crippen LogP contribution in [0.1, 0.15) is 62.1 Å². The topological polar surface area (TPSA) is 61.9 Å². The number of hydrogen-bond donors (Lipinski definition) is 1. The molecular formula is C41H51N3O3. The molecule has 1 fully saturated rings. The molecule has 1 aliphatic carbocycles. The SMILES string of the molecule is CCOCCCN/C1=C(N2CCN(C(=O)CC(c3ccccc3)c3ccccc3)CC2)/C=C/CC(C)C(CCc2ccccc2)C1=O. The van der Waals surface area contributed by atoms with E-state index in [4.69, 9.17) is 4.74 Å². The lowest BCUT2D eigenvalue weighted by Gasteiger charge is -2.39. The van der Waals surface area contributed by atoms with Crippen LogP contribution in [0.5, 0.6) is 0 Å². The fraction of sp³-hybridized carbons (Fsp3) is 0.415. The fourth-order valence-electron chi connectivity index (χ4n) is 6.87. The fourth-order valence-corrected chi connectivity index (χ4v) is 6.87. The van der Waals surface area contributed by atoms with Crippen LogP contribution < -0.4 is 5.32 Å². The van der Waals surface area contributed by atoms with E-state index in [1.54, 1.807) is 0 Å². The highest BCUT2D eigenvalue weighted by Gasteiger charge is 2.33. The lowest BCUT2D eigenvalue weighted by molar-refractivity contribution is -0.133. The third kappa shape index (κ3) is 9.45. The first-order chi connectivity index (χ1) is 23.0. The molecule has 248 valence electrons. The molecule has 3 aromatic rings. The van der Waals surface area contributed by atoms with Gasteiger partial charge in [0.25, 0.3) is 0 Å². The number of benzene rings is 3. The minimum atomic E-state index is -0.0691. The van der Waals surface area contributed by atoms with Crippen LogP contribution in [0.25, 0.3) is 0 Å². The summed E-state index contributed by atoms with van der Waals surface area (Å²) in [6.07, 6.45) is 8.22. The van der Waals surface area contributed by atoms with Crippen molar-refractivity contribution in [2.24, 2.45) is 11.8 Å². The molecule has 6 heteroatoms. The number of Topliss-reactive ketones (excluding diaryl/α,β-unsaturated/α-hetero) is 1. The number of nitrogens with zero attached hydrogens (tertiary/aromatic N) is 2. The molecule has 5 rings (SSSR count). The second-order valence-corrected chi connectivity index (χ2v) is 12.8. The Bertz CT molecular complexity index is 1420. The zero-order chi connectivity index (χ0) is 32.8. The number of ketones is 1. The largest absolute Gasteiger partial charge is 0.382 e. The molecule has 0 saturated carbocycles. The third-order valence-electron chi connectivity index (χ3n) is 9.62. The van der Waals surface area contributed by atoms with E-state index < -0.39 is 0 Å². The summed E-state index contributed by atoms with van der Waals surface area (Å²) in [5.41, 5.74) is 5.26. The molecule has 0 spiro atoms. The number of piperazine rings is 1. The summed E-state index contributed by atoms with van der Waals surface area (Å²) in [6, 6.07) is 31.1. The Kier molecular flexibility index (Phi) is 12.9. The number of carbonyl (C=O) groups is 2. The van der Waals surface area contributed by atoms with Gasteiger partial charge in [0.2, 0.25) is 5.91 Å². The van der Waals surface area contributed by atoms with Gasteiger partial charge in [-0.1, -0.05) is 104 Å². The van der Waals surface area contributed by atoms with E-state index in [1.165, 1.54) is 5.56 Å². The van der Waals surface area contributed by atoms with Crippen LogP contribution in [0.4, 0.5) is 0 Å². The van der Waals surface area contributed by atoms with Crippen molar-refractivity contribution in [3.8, 4) is 0 Å². The maximum atomic E-state index is 14.4. The summed E-state index contributed by atoms with van der Waals surface area (Å²) in [5.74, 6) is 0.571. The molecule has 2 aliphatic rings. The van der Waals surface area contributed by atoms with Crippen LogP contribution in [-0.2, 0) is 20.7 Å². The van der Waals surface area contributed by atoms with Crippen LogP contribution in [0.15, 0.2) is 115 Å². The monoisotopic (exact) mass is 633 g/mol. The van der Waals surface area contributed by atoms with Crippen LogP contribution in [-0.4, -0.2) is 67.4 Å². The number of amides is 1. The quantitative estimate of drug-likeness (QED) is 0.194. The molecule has 6 nitrogen and oxygen atoms in total. The summed E-state index contributed by atoms with van der Waals surface area (Å²) >= 11 is 0. The minimum Gasteiger partial charge on any atom is -0.382 e. The zero-order valence-electron chi connectivity index (χ0n) is 28.2. The Morgan fingerprint density at radius 1 is 0.894 bits per heavy atom. The predicted molar refractivity (Wildman–Crippen MR) is 190 cm³/mol. The molecule has 1 saturated heterocycles. The number of hydrogen-bond acceptors (Lipinski definition) is 5. The molecule has 0 bridgehead atoms. The predicted octanol–water partition coefficient (Wildman–Crippen LogP) is 6.99. The molecule has 0 radical (unpaired) electrons. The number of allylic oxidation sites excluding steroid dienone is 3. The average Bonchev–Trinajstić information content (AvgIpc) is 3.12. The van der Waals surface area contributed by atoms with Gasteiger partial charge in [-0.25, -0.2) is 0 Å². The number of aryl methyl sites for hydroxylation is 1. The van der Waals surface area contributed by atoms with E-state index in [0.717, 1.165) is 48.2 Å². The van der Waals surface area contributed by atoms with Crippen molar-refractivity contribution in [3.05, 3.63) is 131 Å². The Morgan fingerprint density at radius 2 is 1.51 bits per heavy atom. The van der Waals surface area contributed by atoms with Crippen molar-refractivity contribution < 1.29 is 14.3 Å². The van der Waals surface area contributed by atoms with Crippen molar-refractivity contribution >= 4 is 11.7 Å². The normalized spacial score (nSPS) is 21.0. The van der Waals surface area contributed by atoms with Crippen molar-refractivity contribution in [2.75, 3.05) is 45.9 Å². The number of rotatable bonds is 14.